The summed E-state index contributed by atoms with van der Waals surface area (Å²) in [5.41, 5.74) is 2.14. The summed E-state index contributed by atoms with van der Waals surface area (Å²) in [6.07, 6.45) is 3.63. The largest absolute Gasteiger partial charge is 0.241 e. The minimum Gasteiger partial charge on any atom is -0.241 e. The van der Waals surface area contributed by atoms with Gasteiger partial charge in [0.15, 0.2) is 0 Å². The van der Waals surface area contributed by atoms with E-state index in [4.69, 9.17) is 0 Å². The van der Waals surface area contributed by atoms with E-state index in [9.17, 15) is 0 Å². The average Bonchev–Trinajstić information content (AvgIpc) is 2.03. The van der Waals surface area contributed by atoms with E-state index >= 15 is 0 Å². The molecule has 0 unspecified atom stereocenters. The Morgan fingerprint density at radius 3 is 2.46 bits per heavy atom. The first-order valence-corrected chi connectivity index (χ1v) is 4.41. The fraction of sp³-hybridized carbons (Fsp3) is 0.455. The highest BCUT2D eigenvalue weighted by Gasteiger charge is 2.18. The van der Waals surface area contributed by atoms with Crippen LogP contribution >= 0.6 is 0 Å². The average molecular weight is 176 g/mol. The van der Waals surface area contributed by atoms with Crippen LogP contribution in [0.25, 0.3) is 6.08 Å². The Kier molecular flexibility index (Phi) is 2.50. The van der Waals surface area contributed by atoms with Crippen molar-refractivity contribution < 1.29 is 0 Å². The quantitative estimate of drug-likeness (QED) is 0.657. The van der Waals surface area contributed by atoms with Crippen molar-refractivity contribution in [2.75, 3.05) is 0 Å². The molecular weight excluding hydrogens is 160 g/mol. The molecule has 70 valence electrons. The van der Waals surface area contributed by atoms with Gasteiger partial charge in [-0.2, -0.15) is 0 Å². The van der Waals surface area contributed by atoms with Crippen molar-refractivity contribution in [3.05, 3.63) is 29.9 Å². The third kappa shape index (κ3) is 2.14. The molecule has 0 aliphatic heterocycles. The van der Waals surface area contributed by atoms with Crippen LogP contribution in [0.3, 0.4) is 0 Å². The number of rotatable bonds is 1. The SMILES string of the molecule is C=Cc1cnc(C)nc1C(C)(C)C. The van der Waals surface area contributed by atoms with Crippen LogP contribution in [0.1, 0.15) is 37.9 Å². The van der Waals surface area contributed by atoms with Gasteiger partial charge in [-0.15, -0.1) is 0 Å². The second-order valence-corrected chi connectivity index (χ2v) is 4.18. The molecular formula is C11H16N2. The van der Waals surface area contributed by atoms with Crippen LogP contribution < -0.4 is 0 Å². The lowest BCUT2D eigenvalue weighted by Crippen LogP contribution is -2.16. The Balaban J connectivity index is 3.32. The molecule has 0 radical (unpaired) electrons. The molecule has 1 aromatic rings. The first kappa shape index (κ1) is 9.90. The highest BCUT2D eigenvalue weighted by molar-refractivity contribution is 5.50. The fourth-order valence-electron chi connectivity index (χ4n) is 1.23. The third-order valence-corrected chi connectivity index (χ3v) is 1.87. The van der Waals surface area contributed by atoms with Gasteiger partial charge in [-0.25, -0.2) is 9.97 Å². The summed E-state index contributed by atoms with van der Waals surface area (Å²) in [6.45, 7) is 12.1. The van der Waals surface area contributed by atoms with E-state index < -0.39 is 0 Å². The van der Waals surface area contributed by atoms with Crippen molar-refractivity contribution in [3.63, 3.8) is 0 Å². The normalized spacial score (nSPS) is 11.4. The van der Waals surface area contributed by atoms with Gasteiger partial charge >= 0.3 is 0 Å². The zero-order valence-corrected chi connectivity index (χ0v) is 8.76. The minimum absolute atomic E-state index is 0.0528. The molecule has 1 heterocycles. The van der Waals surface area contributed by atoms with Gasteiger partial charge in [-0.1, -0.05) is 33.4 Å². The van der Waals surface area contributed by atoms with Crippen molar-refractivity contribution in [2.24, 2.45) is 0 Å². The molecule has 0 bridgehead atoms. The van der Waals surface area contributed by atoms with Crippen LogP contribution in [0.2, 0.25) is 0 Å². The van der Waals surface area contributed by atoms with Gasteiger partial charge in [0, 0.05) is 17.2 Å². The molecule has 0 saturated carbocycles. The monoisotopic (exact) mass is 176 g/mol. The Labute approximate surface area is 79.7 Å². The molecule has 0 spiro atoms. The third-order valence-electron chi connectivity index (χ3n) is 1.87. The van der Waals surface area contributed by atoms with Crippen LogP contribution in [0.5, 0.6) is 0 Å². The molecule has 0 aliphatic rings. The van der Waals surface area contributed by atoms with Crippen LogP contribution in [0.4, 0.5) is 0 Å². The Bertz CT molecular complexity index is 321. The van der Waals surface area contributed by atoms with Gasteiger partial charge in [0.25, 0.3) is 0 Å². The summed E-state index contributed by atoms with van der Waals surface area (Å²) < 4.78 is 0. The van der Waals surface area contributed by atoms with Gasteiger partial charge in [0.1, 0.15) is 5.82 Å². The van der Waals surface area contributed by atoms with E-state index in [0.29, 0.717) is 0 Å². The molecule has 2 nitrogen and oxygen atoms in total. The smallest absolute Gasteiger partial charge is 0.125 e. The first-order chi connectivity index (χ1) is 5.95. The van der Waals surface area contributed by atoms with E-state index in [-0.39, 0.29) is 5.41 Å². The van der Waals surface area contributed by atoms with Crippen molar-refractivity contribution in [3.8, 4) is 0 Å². The lowest BCUT2D eigenvalue weighted by atomic mass is 9.89. The van der Waals surface area contributed by atoms with Crippen LogP contribution in [-0.4, -0.2) is 9.97 Å². The molecule has 1 rings (SSSR count). The molecule has 1 aromatic heterocycles. The summed E-state index contributed by atoms with van der Waals surface area (Å²) in [6, 6.07) is 0. The maximum Gasteiger partial charge on any atom is 0.125 e. The summed E-state index contributed by atoms with van der Waals surface area (Å²) in [5.74, 6) is 0.815. The molecule has 0 fully saturated rings. The summed E-state index contributed by atoms with van der Waals surface area (Å²) in [4.78, 5) is 8.57. The zero-order chi connectivity index (χ0) is 10.1. The van der Waals surface area contributed by atoms with Gasteiger partial charge in [0.05, 0.1) is 5.69 Å². The van der Waals surface area contributed by atoms with Gasteiger partial charge in [-0.05, 0) is 6.92 Å². The molecule has 13 heavy (non-hydrogen) atoms. The van der Waals surface area contributed by atoms with Crippen LogP contribution in [0, 0.1) is 6.92 Å². The lowest BCUT2D eigenvalue weighted by Gasteiger charge is -2.20. The van der Waals surface area contributed by atoms with E-state index in [1.54, 1.807) is 6.08 Å². The molecule has 0 aromatic carbocycles. The van der Waals surface area contributed by atoms with Crippen molar-refractivity contribution in [1.29, 1.82) is 0 Å². The maximum atomic E-state index is 4.43. The van der Waals surface area contributed by atoms with E-state index in [0.717, 1.165) is 17.1 Å². The standard InChI is InChI=1S/C11H16N2/c1-6-9-7-12-8(2)13-10(9)11(3,4)5/h6-7H,1H2,2-5H3. The van der Waals surface area contributed by atoms with E-state index in [2.05, 4.69) is 37.3 Å². The van der Waals surface area contributed by atoms with Gasteiger partial charge in [0.2, 0.25) is 0 Å². The van der Waals surface area contributed by atoms with Crippen LogP contribution in [0.15, 0.2) is 12.8 Å². The highest BCUT2D eigenvalue weighted by Crippen LogP contribution is 2.23. The molecule has 2 heteroatoms. The maximum absolute atomic E-state index is 4.43. The zero-order valence-electron chi connectivity index (χ0n) is 8.76. The number of aryl methyl sites for hydroxylation is 1. The predicted octanol–water partition coefficient (Wildman–Crippen LogP) is 2.73. The molecule has 0 saturated heterocycles. The van der Waals surface area contributed by atoms with Gasteiger partial charge in [-0.3, -0.25) is 0 Å². The molecule has 0 amide bonds. The van der Waals surface area contributed by atoms with Crippen molar-refractivity contribution in [1.82, 2.24) is 9.97 Å². The summed E-state index contributed by atoms with van der Waals surface area (Å²) >= 11 is 0. The minimum atomic E-state index is 0.0528. The molecule has 0 aliphatic carbocycles. The number of nitrogens with zero attached hydrogens (tertiary/aromatic N) is 2. The van der Waals surface area contributed by atoms with E-state index in [1.165, 1.54) is 0 Å². The Morgan fingerprint density at radius 1 is 1.38 bits per heavy atom. The number of hydrogen-bond donors (Lipinski definition) is 0. The number of aromatic nitrogens is 2. The van der Waals surface area contributed by atoms with E-state index in [1.807, 2.05) is 13.1 Å². The second kappa shape index (κ2) is 3.29. The molecule has 0 atom stereocenters. The topological polar surface area (TPSA) is 25.8 Å². The van der Waals surface area contributed by atoms with Crippen molar-refractivity contribution in [2.45, 2.75) is 33.1 Å². The van der Waals surface area contributed by atoms with Gasteiger partial charge < -0.3 is 0 Å². The summed E-state index contributed by atoms with van der Waals surface area (Å²) in [5, 5.41) is 0. The Hall–Kier alpha value is -1.18. The highest BCUT2D eigenvalue weighted by atomic mass is 14.9. The lowest BCUT2D eigenvalue weighted by molar-refractivity contribution is 0.562. The Morgan fingerprint density at radius 2 is 2.00 bits per heavy atom. The van der Waals surface area contributed by atoms with Crippen molar-refractivity contribution >= 4 is 6.08 Å². The second-order valence-electron chi connectivity index (χ2n) is 4.18. The number of hydrogen-bond acceptors (Lipinski definition) is 2. The van der Waals surface area contributed by atoms with Crippen LogP contribution in [-0.2, 0) is 5.41 Å². The predicted molar refractivity (Wildman–Crippen MR) is 55.6 cm³/mol. The summed E-state index contributed by atoms with van der Waals surface area (Å²) in [7, 11) is 0. The molecule has 0 N–H and O–H groups in total. The fourth-order valence-corrected chi connectivity index (χ4v) is 1.23. The first-order valence-electron chi connectivity index (χ1n) is 4.41.